The molecule has 1 fully saturated rings. The largest absolute Gasteiger partial charge is 0.497 e. The van der Waals surface area contributed by atoms with Crippen LogP contribution in [0.5, 0.6) is 5.75 Å². The SMILES string of the molecule is COc1ccc(N=C2NC(=O)/C(=C/c3c(Cl)cccc3Cl)S2)cc1. The molecule has 1 aliphatic rings. The van der Waals surface area contributed by atoms with Gasteiger partial charge in [-0.3, -0.25) is 4.79 Å². The second-order valence-corrected chi connectivity index (χ2v) is 6.66. The van der Waals surface area contributed by atoms with Crippen molar-refractivity contribution in [3.05, 3.63) is 63.0 Å². The number of carbonyl (C=O) groups excluding carboxylic acids is 1. The minimum absolute atomic E-state index is 0.233. The maximum Gasteiger partial charge on any atom is 0.264 e. The number of nitrogens with one attached hydrogen (secondary N) is 1. The van der Waals surface area contributed by atoms with Crippen molar-refractivity contribution in [2.24, 2.45) is 4.99 Å². The Balaban J connectivity index is 1.85. The molecule has 0 aromatic heterocycles. The first-order chi connectivity index (χ1) is 11.6. The molecule has 4 nitrogen and oxygen atoms in total. The Bertz CT molecular complexity index is 828. The Morgan fingerprint density at radius 3 is 2.42 bits per heavy atom. The molecular weight excluding hydrogens is 367 g/mol. The number of thioether (sulfide) groups is 1. The lowest BCUT2D eigenvalue weighted by molar-refractivity contribution is -0.115. The van der Waals surface area contributed by atoms with Crippen LogP contribution in [0.25, 0.3) is 6.08 Å². The lowest BCUT2D eigenvalue weighted by Crippen LogP contribution is -2.19. The van der Waals surface area contributed by atoms with Crippen LogP contribution < -0.4 is 10.1 Å². The van der Waals surface area contributed by atoms with E-state index in [1.54, 1.807) is 43.5 Å². The number of benzene rings is 2. The maximum absolute atomic E-state index is 12.1. The molecule has 0 saturated carbocycles. The van der Waals surface area contributed by atoms with Crippen LogP contribution in [0.4, 0.5) is 5.69 Å². The molecule has 0 bridgehead atoms. The number of aliphatic imine (C=N–C) groups is 1. The molecule has 2 aromatic rings. The summed E-state index contributed by atoms with van der Waals surface area (Å²) < 4.78 is 5.10. The van der Waals surface area contributed by atoms with E-state index in [4.69, 9.17) is 27.9 Å². The molecule has 122 valence electrons. The summed E-state index contributed by atoms with van der Waals surface area (Å²) in [6, 6.07) is 12.4. The predicted octanol–water partition coefficient (Wildman–Crippen LogP) is 4.89. The van der Waals surface area contributed by atoms with Crippen molar-refractivity contribution in [1.82, 2.24) is 5.32 Å². The fourth-order valence-electron chi connectivity index (χ4n) is 2.03. The van der Waals surface area contributed by atoms with Gasteiger partial charge >= 0.3 is 0 Å². The highest BCUT2D eigenvalue weighted by atomic mass is 35.5. The number of nitrogens with zero attached hydrogens (tertiary/aromatic N) is 1. The highest BCUT2D eigenvalue weighted by Gasteiger charge is 2.24. The fraction of sp³-hybridized carbons (Fsp3) is 0.0588. The minimum atomic E-state index is -0.233. The first kappa shape index (κ1) is 16.9. The first-order valence-electron chi connectivity index (χ1n) is 6.94. The van der Waals surface area contributed by atoms with E-state index >= 15 is 0 Å². The quantitative estimate of drug-likeness (QED) is 0.773. The fourth-order valence-corrected chi connectivity index (χ4v) is 3.36. The van der Waals surface area contributed by atoms with Crippen LogP contribution in [0.15, 0.2) is 52.4 Å². The zero-order valence-electron chi connectivity index (χ0n) is 12.5. The summed E-state index contributed by atoms with van der Waals surface area (Å²) in [5.74, 6) is 0.513. The van der Waals surface area contributed by atoms with Crippen molar-refractivity contribution < 1.29 is 9.53 Å². The molecule has 7 heteroatoms. The third-order valence-corrected chi connectivity index (χ3v) is 4.80. The predicted molar refractivity (Wildman–Crippen MR) is 100 cm³/mol. The summed E-state index contributed by atoms with van der Waals surface area (Å²) >= 11 is 13.5. The molecule has 2 aromatic carbocycles. The normalized spacial score (nSPS) is 17.4. The van der Waals surface area contributed by atoms with Gasteiger partial charge in [-0.2, -0.15) is 0 Å². The van der Waals surface area contributed by atoms with Crippen molar-refractivity contribution in [2.75, 3.05) is 7.11 Å². The van der Waals surface area contributed by atoms with Crippen LogP contribution >= 0.6 is 35.0 Å². The van der Waals surface area contributed by atoms with Gasteiger partial charge in [-0.15, -0.1) is 0 Å². The Hall–Kier alpha value is -1.95. The standard InChI is InChI=1S/C17H12Cl2N2O2S/c1-23-11-7-5-10(6-8-11)20-17-21-16(22)15(24-17)9-12-13(18)3-2-4-14(12)19/h2-9H,1H3,(H,20,21,22)/b15-9-. The van der Waals surface area contributed by atoms with Crippen LogP contribution in [0.1, 0.15) is 5.56 Å². The number of methoxy groups -OCH3 is 1. The topological polar surface area (TPSA) is 50.7 Å². The molecule has 0 aliphatic carbocycles. The summed E-state index contributed by atoms with van der Waals surface area (Å²) in [5, 5.41) is 4.21. The van der Waals surface area contributed by atoms with Crippen molar-refractivity contribution in [1.29, 1.82) is 0 Å². The molecule has 1 saturated heterocycles. The second kappa shape index (κ2) is 7.30. The lowest BCUT2D eigenvalue weighted by atomic mass is 10.2. The molecule has 3 rings (SSSR count). The van der Waals surface area contributed by atoms with E-state index in [1.807, 2.05) is 12.1 Å². The van der Waals surface area contributed by atoms with E-state index in [1.165, 1.54) is 11.8 Å². The number of ether oxygens (including phenoxy) is 1. The third kappa shape index (κ3) is 3.75. The third-order valence-electron chi connectivity index (χ3n) is 3.23. The average molecular weight is 379 g/mol. The zero-order valence-corrected chi connectivity index (χ0v) is 14.9. The van der Waals surface area contributed by atoms with E-state index < -0.39 is 0 Å². The van der Waals surface area contributed by atoms with E-state index in [-0.39, 0.29) is 5.91 Å². The Labute approximate surface area is 153 Å². The minimum Gasteiger partial charge on any atom is -0.497 e. The van der Waals surface area contributed by atoms with E-state index in [0.717, 1.165) is 11.4 Å². The Morgan fingerprint density at radius 1 is 1.12 bits per heavy atom. The van der Waals surface area contributed by atoms with Crippen LogP contribution in [0.2, 0.25) is 10.0 Å². The molecule has 1 heterocycles. The van der Waals surface area contributed by atoms with Crippen molar-refractivity contribution >= 4 is 57.8 Å². The number of amidine groups is 1. The monoisotopic (exact) mass is 378 g/mol. The van der Waals surface area contributed by atoms with Crippen LogP contribution in [-0.4, -0.2) is 18.2 Å². The summed E-state index contributed by atoms with van der Waals surface area (Å²) in [5.41, 5.74) is 1.33. The molecule has 0 radical (unpaired) electrons. The average Bonchev–Trinajstić information content (AvgIpc) is 2.91. The molecule has 24 heavy (non-hydrogen) atoms. The van der Waals surface area contributed by atoms with Gasteiger partial charge in [0.2, 0.25) is 0 Å². The van der Waals surface area contributed by atoms with Crippen molar-refractivity contribution in [2.45, 2.75) is 0 Å². The van der Waals surface area contributed by atoms with Gasteiger partial charge < -0.3 is 10.1 Å². The van der Waals surface area contributed by atoms with Gasteiger partial charge in [-0.1, -0.05) is 29.3 Å². The number of rotatable bonds is 3. The van der Waals surface area contributed by atoms with Gasteiger partial charge in [-0.25, -0.2) is 4.99 Å². The van der Waals surface area contributed by atoms with Crippen molar-refractivity contribution in [3.8, 4) is 5.75 Å². The summed E-state index contributed by atoms with van der Waals surface area (Å²) in [6.07, 6.45) is 1.67. The van der Waals surface area contributed by atoms with E-state index in [9.17, 15) is 4.79 Å². The molecule has 0 unspecified atom stereocenters. The lowest BCUT2D eigenvalue weighted by Gasteiger charge is -2.01. The number of halogens is 2. The second-order valence-electron chi connectivity index (χ2n) is 4.82. The molecule has 0 atom stereocenters. The molecule has 1 amide bonds. The van der Waals surface area contributed by atoms with E-state index in [2.05, 4.69) is 10.3 Å². The number of hydrogen-bond donors (Lipinski definition) is 1. The molecular formula is C17H12Cl2N2O2S. The van der Waals surface area contributed by atoms with Gasteiger partial charge in [0.15, 0.2) is 5.17 Å². The van der Waals surface area contributed by atoms with E-state index in [0.29, 0.717) is 25.7 Å². The van der Waals surface area contributed by atoms with Gasteiger partial charge in [0.25, 0.3) is 5.91 Å². The molecule has 0 spiro atoms. The highest BCUT2D eigenvalue weighted by Crippen LogP contribution is 2.32. The zero-order chi connectivity index (χ0) is 17.1. The van der Waals surface area contributed by atoms with Crippen LogP contribution in [0, 0.1) is 0 Å². The van der Waals surface area contributed by atoms with Crippen LogP contribution in [-0.2, 0) is 4.79 Å². The number of hydrogen-bond acceptors (Lipinski definition) is 4. The van der Waals surface area contributed by atoms with Gasteiger partial charge in [-0.05, 0) is 54.2 Å². The number of amides is 1. The van der Waals surface area contributed by atoms with Gasteiger partial charge in [0, 0.05) is 15.6 Å². The molecule has 1 aliphatic heterocycles. The number of carbonyl (C=O) groups is 1. The molecule has 1 N–H and O–H groups in total. The summed E-state index contributed by atoms with van der Waals surface area (Å²) in [6.45, 7) is 0. The smallest absolute Gasteiger partial charge is 0.264 e. The van der Waals surface area contributed by atoms with Gasteiger partial charge in [0.1, 0.15) is 5.75 Å². The Morgan fingerprint density at radius 2 is 1.79 bits per heavy atom. The summed E-state index contributed by atoms with van der Waals surface area (Å²) in [7, 11) is 1.60. The van der Waals surface area contributed by atoms with Crippen molar-refractivity contribution in [3.63, 3.8) is 0 Å². The highest BCUT2D eigenvalue weighted by molar-refractivity contribution is 8.18. The van der Waals surface area contributed by atoms with Gasteiger partial charge in [0.05, 0.1) is 17.7 Å². The van der Waals surface area contributed by atoms with Crippen LogP contribution in [0.3, 0.4) is 0 Å². The first-order valence-corrected chi connectivity index (χ1v) is 8.52. The summed E-state index contributed by atoms with van der Waals surface area (Å²) in [4.78, 5) is 17.0. The maximum atomic E-state index is 12.1. The Kier molecular flexibility index (Phi) is 5.14.